The Balaban J connectivity index is 2.25. The minimum Gasteiger partial charge on any atom is -0.359 e. The van der Waals surface area contributed by atoms with Gasteiger partial charge in [0.05, 0.1) is 10.9 Å². The molecule has 1 aromatic carbocycles. The molecular formula is C16H8ClF2N3O. The smallest absolute Gasteiger partial charge is 0.207 e. The van der Waals surface area contributed by atoms with Crippen LogP contribution in [0.1, 0.15) is 16.7 Å². The van der Waals surface area contributed by atoms with Gasteiger partial charge in [-0.15, -0.1) is 0 Å². The number of aromatic nitrogens is 2. The van der Waals surface area contributed by atoms with Crippen molar-refractivity contribution >= 4 is 22.5 Å². The minimum atomic E-state index is -1.14. The van der Waals surface area contributed by atoms with Crippen molar-refractivity contribution in [1.82, 2.24) is 9.97 Å². The first kappa shape index (κ1) is 15.1. The second-order valence-electron chi connectivity index (χ2n) is 4.88. The van der Waals surface area contributed by atoms with Crippen LogP contribution >= 0.6 is 11.6 Å². The Bertz CT molecular complexity index is 1010. The van der Waals surface area contributed by atoms with Gasteiger partial charge in [-0.2, -0.15) is 5.26 Å². The van der Waals surface area contributed by atoms with Gasteiger partial charge in [0.1, 0.15) is 16.8 Å². The van der Waals surface area contributed by atoms with Crippen molar-refractivity contribution in [3.63, 3.8) is 0 Å². The van der Waals surface area contributed by atoms with Crippen LogP contribution in [0.2, 0.25) is 5.15 Å². The summed E-state index contributed by atoms with van der Waals surface area (Å²) in [4.78, 5) is 18.7. The van der Waals surface area contributed by atoms with Gasteiger partial charge in [0.25, 0.3) is 0 Å². The van der Waals surface area contributed by atoms with Crippen LogP contribution in [0, 0.1) is 23.0 Å². The lowest BCUT2D eigenvalue weighted by Gasteiger charge is -2.09. The van der Waals surface area contributed by atoms with Crippen molar-refractivity contribution < 1.29 is 8.78 Å². The monoisotopic (exact) mass is 331 g/mol. The zero-order valence-electron chi connectivity index (χ0n) is 11.5. The molecule has 0 aliphatic rings. The first-order chi connectivity index (χ1) is 11.0. The highest BCUT2D eigenvalue weighted by Crippen LogP contribution is 2.24. The first-order valence-electron chi connectivity index (χ1n) is 6.54. The summed E-state index contributed by atoms with van der Waals surface area (Å²) in [6, 6.07) is 5.68. The summed E-state index contributed by atoms with van der Waals surface area (Å²) in [6.07, 6.45) is 2.65. The van der Waals surface area contributed by atoms with E-state index >= 15 is 0 Å². The molecule has 0 saturated heterocycles. The average Bonchev–Trinajstić information content (AvgIpc) is 2.55. The van der Waals surface area contributed by atoms with Crippen LogP contribution in [0.15, 0.2) is 35.4 Å². The molecule has 0 fully saturated rings. The van der Waals surface area contributed by atoms with Gasteiger partial charge in [-0.25, -0.2) is 13.8 Å². The van der Waals surface area contributed by atoms with E-state index in [0.29, 0.717) is 5.56 Å². The molecule has 1 N–H and O–H groups in total. The van der Waals surface area contributed by atoms with Crippen molar-refractivity contribution in [3.05, 3.63) is 74.3 Å². The highest BCUT2D eigenvalue weighted by atomic mass is 35.5. The van der Waals surface area contributed by atoms with Gasteiger partial charge in [-0.1, -0.05) is 17.7 Å². The largest absolute Gasteiger partial charge is 0.359 e. The molecule has 0 radical (unpaired) electrons. The van der Waals surface area contributed by atoms with Crippen LogP contribution in [0.3, 0.4) is 0 Å². The number of pyridine rings is 2. The quantitative estimate of drug-likeness (QED) is 0.732. The number of hydrogen-bond donors (Lipinski definition) is 1. The molecule has 0 amide bonds. The number of fused-ring (bicyclic) bond motifs is 1. The number of hydrogen-bond acceptors (Lipinski definition) is 3. The Kier molecular flexibility index (Phi) is 3.80. The number of benzene rings is 1. The molecule has 0 bridgehead atoms. The SMILES string of the molecule is N#Cc1c[nH]c2c(Cc3ccc(Cl)nc3)c(F)c(F)cc2c1=O. The molecule has 3 aromatic rings. The molecule has 0 atom stereocenters. The van der Waals surface area contributed by atoms with Gasteiger partial charge in [0.15, 0.2) is 11.6 Å². The predicted molar refractivity (Wildman–Crippen MR) is 81.3 cm³/mol. The Morgan fingerprint density at radius 3 is 2.78 bits per heavy atom. The molecule has 0 spiro atoms. The van der Waals surface area contributed by atoms with Gasteiger partial charge in [0, 0.05) is 24.4 Å². The van der Waals surface area contributed by atoms with Gasteiger partial charge >= 0.3 is 0 Å². The first-order valence-corrected chi connectivity index (χ1v) is 6.92. The summed E-state index contributed by atoms with van der Waals surface area (Å²) in [5, 5.41) is 9.09. The number of nitrogens with zero attached hydrogens (tertiary/aromatic N) is 2. The molecule has 0 saturated carbocycles. The van der Waals surface area contributed by atoms with Crippen LogP contribution in [-0.2, 0) is 6.42 Å². The lowest BCUT2D eigenvalue weighted by Crippen LogP contribution is -2.11. The number of H-pyrrole nitrogens is 1. The fraction of sp³-hybridized carbons (Fsp3) is 0.0625. The molecular weight excluding hydrogens is 324 g/mol. The third-order valence-electron chi connectivity index (χ3n) is 3.46. The maximum atomic E-state index is 14.2. The van der Waals surface area contributed by atoms with Crippen molar-refractivity contribution in [3.8, 4) is 6.07 Å². The molecule has 3 rings (SSSR count). The summed E-state index contributed by atoms with van der Waals surface area (Å²) >= 11 is 5.70. The van der Waals surface area contributed by atoms with Gasteiger partial charge in [-0.05, 0) is 17.7 Å². The second-order valence-corrected chi connectivity index (χ2v) is 5.27. The van der Waals surface area contributed by atoms with Crippen LogP contribution in [-0.4, -0.2) is 9.97 Å². The second kappa shape index (κ2) is 5.78. The number of aromatic amines is 1. The van der Waals surface area contributed by atoms with Gasteiger partial charge in [-0.3, -0.25) is 4.79 Å². The highest BCUT2D eigenvalue weighted by Gasteiger charge is 2.17. The molecule has 2 aromatic heterocycles. The molecule has 114 valence electrons. The molecule has 0 aliphatic heterocycles. The van der Waals surface area contributed by atoms with Crippen LogP contribution in [0.25, 0.3) is 10.9 Å². The van der Waals surface area contributed by atoms with Gasteiger partial charge in [0.2, 0.25) is 5.43 Å². The van der Waals surface area contributed by atoms with Gasteiger partial charge < -0.3 is 4.98 Å². The molecule has 0 aliphatic carbocycles. The Hall–Kier alpha value is -2.78. The van der Waals surface area contributed by atoms with Crippen LogP contribution in [0.4, 0.5) is 8.78 Å². The fourth-order valence-electron chi connectivity index (χ4n) is 2.34. The van der Waals surface area contributed by atoms with E-state index in [4.69, 9.17) is 16.9 Å². The summed E-state index contributed by atoms with van der Waals surface area (Å²) < 4.78 is 28.0. The van der Waals surface area contributed by atoms with E-state index in [-0.39, 0.29) is 33.6 Å². The lowest BCUT2D eigenvalue weighted by molar-refractivity contribution is 0.503. The number of nitriles is 1. The van der Waals surface area contributed by atoms with Crippen molar-refractivity contribution in [2.24, 2.45) is 0 Å². The zero-order chi connectivity index (χ0) is 16.6. The predicted octanol–water partition coefficient (Wildman–Crippen LogP) is 3.32. The third kappa shape index (κ3) is 2.67. The molecule has 0 unspecified atom stereocenters. The number of rotatable bonds is 2. The Labute approximate surface area is 134 Å². The number of halogens is 3. The lowest BCUT2D eigenvalue weighted by atomic mass is 10.0. The maximum absolute atomic E-state index is 14.2. The Morgan fingerprint density at radius 1 is 1.35 bits per heavy atom. The topological polar surface area (TPSA) is 69.5 Å². The molecule has 4 nitrogen and oxygen atoms in total. The number of nitrogens with one attached hydrogen (secondary N) is 1. The summed E-state index contributed by atoms with van der Waals surface area (Å²) in [6.45, 7) is 0. The standard InChI is InChI=1S/C16H8ClF2N3O/c17-13-2-1-8(6-21-13)3-10-14(19)12(18)4-11-15(10)22-7-9(5-20)16(11)23/h1-2,4,6-7H,3H2,(H,22,23). The Morgan fingerprint density at radius 2 is 2.13 bits per heavy atom. The fourth-order valence-corrected chi connectivity index (χ4v) is 2.45. The molecule has 23 heavy (non-hydrogen) atoms. The van der Waals surface area contributed by atoms with E-state index in [1.54, 1.807) is 12.1 Å². The van der Waals surface area contributed by atoms with Crippen molar-refractivity contribution in [2.45, 2.75) is 6.42 Å². The van der Waals surface area contributed by atoms with E-state index in [2.05, 4.69) is 9.97 Å². The van der Waals surface area contributed by atoms with Crippen LogP contribution < -0.4 is 5.43 Å². The van der Waals surface area contributed by atoms with E-state index < -0.39 is 17.1 Å². The minimum absolute atomic E-state index is 0.00860. The normalized spacial score (nSPS) is 10.7. The van der Waals surface area contributed by atoms with E-state index in [9.17, 15) is 13.6 Å². The van der Waals surface area contributed by atoms with E-state index in [1.165, 1.54) is 18.5 Å². The highest BCUT2D eigenvalue weighted by molar-refractivity contribution is 6.29. The third-order valence-corrected chi connectivity index (χ3v) is 3.68. The summed E-state index contributed by atoms with van der Waals surface area (Å²) in [5.41, 5.74) is -0.0581. The van der Waals surface area contributed by atoms with E-state index in [1.807, 2.05) is 0 Å². The van der Waals surface area contributed by atoms with Crippen molar-refractivity contribution in [2.75, 3.05) is 0 Å². The van der Waals surface area contributed by atoms with E-state index in [0.717, 1.165) is 6.07 Å². The summed E-state index contributed by atoms with van der Waals surface area (Å²) in [5.74, 6) is -2.19. The van der Waals surface area contributed by atoms with Crippen LogP contribution in [0.5, 0.6) is 0 Å². The average molecular weight is 332 g/mol. The van der Waals surface area contributed by atoms with Crippen molar-refractivity contribution in [1.29, 1.82) is 5.26 Å². The maximum Gasteiger partial charge on any atom is 0.207 e. The molecule has 2 heterocycles. The molecule has 7 heteroatoms. The summed E-state index contributed by atoms with van der Waals surface area (Å²) in [7, 11) is 0. The zero-order valence-corrected chi connectivity index (χ0v) is 12.3.